The average Bonchev–Trinajstić information content (AvgIpc) is 3.06. The third kappa shape index (κ3) is 13.6. The minimum absolute atomic E-state index is 0.00988. The summed E-state index contributed by atoms with van der Waals surface area (Å²) < 4.78 is 26.0. The van der Waals surface area contributed by atoms with Crippen LogP contribution in [0, 0.1) is 18.8 Å². The first-order valence-electron chi connectivity index (χ1n) is 16.8. The maximum Gasteiger partial charge on any atom is 0.469 e. The number of carbonyl (C=O) groups is 3. The molecule has 1 heterocycles. The van der Waals surface area contributed by atoms with Crippen molar-refractivity contribution in [2.75, 3.05) is 47.4 Å². The fourth-order valence-corrected chi connectivity index (χ4v) is 5.65. The first-order valence-corrected chi connectivity index (χ1v) is 18.3. The maximum absolute atomic E-state index is 13.2. The molecule has 3 amide bonds. The number of aromatic nitrogens is 1. The second-order valence-electron chi connectivity index (χ2n) is 13.1. The molecule has 2 aromatic carbocycles. The number of phosphoric ester groups is 1. The highest BCUT2D eigenvalue weighted by atomic mass is 31.2. The van der Waals surface area contributed by atoms with Crippen LogP contribution in [-0.4, -0.2) is 59.8 Å². The first-order chi connectivity index (χ1) is 24.1. The van der Waals surface area contributed by atoms with E-state index in [9.17, 15) is 18.9 Å². The molecule has 0 aliphatic heterocycles. The van der Waals surface area contributed by atoms with E-state index in [0.29, 0.717) is 29.6 Å². The molecule has 0 aliphatic carbocycles. The molecular weight excluding hydrogens is 677 g/mol. The van der Waals surface area contributed by atoms with Gasteiger partial charge >= 0.3 is 25.9 Å². The average molecular weight is 728 g/mol. The highest BCUT2D eigenvalue weighted by Crippen LogP contribution is 2.38. The highest BCUT2D eigenvalue weighted by Gasteiger charge is 2.23. The molecule has 51 heavy (non-hydrogen) atoms. The summed E-state index contributed by atoms with van der Waals surface area (Å²) in [5.74, 6) is -0.0635. The fourth-order valence-electron chi connectivity index (χ4n) is 5.34. The second-order valence-corrected chi connectivity index (χ2v) is 14.3. The van der Waals surface area contributed by atoms with Crippen LogP contribution in [0.25, 0.3) is 0 Å². The van der Waals surface area contributed by atoms with E-state index in [0.717, 1.165) is 34.8 Å². The lowest BCUT2D eigenvalue weighted by Crippen LogP contribution is -2.32. The summed E-state index contributed by atoms with van der Waals surface area (Å²) in [5.41, 5.74) is 4.28. The standard InChI is InChI=1S/C36H50N5O9P/c1-8-27(19-33(42)48-23-49-36(44)40(7)34-29(10-9-17-37-34)22-50-51(45,46)47)28-13-16-32(41(20-24(2)3)21-25(4)5)31(18-28)39-35(43)38-30-14-11-26(6)12-15-30/h9-18,24-25,27H,8,19-23H2,1-7H3,(H2,38,39,43)(H2,45,46,47)/t27-/m0/s1. The van der Waals surface area contributed by atoms with Crippen LogP contribution in [0.1, 0.15) is 70.1 Å². The molecule has 0 bridgehead atoms. The number of hydrogen-bond acceptors (Lipinski definition) is 9. The Kier molecular flexibility index (Phi) is 15.4. The van der Waals surface area contributed by atoms with Gasteiger partial charge < -0.3 is 34.8 Å². The lowest BCUT2D eigenvalue weighted by atomic mass is 9.92. The smallest absolute Gasteiger partial charge is 0.428 e. The van der Waals surface area contributed by atoms with Crippen molar-refractivity contribution in [1.82, 2.24) is 4.98 Å². The van der Waals surface area contributed by atoms with E-state index >= 15 is 0 Å². The minimum atomic E-state index is -4.76. The zero-order valence-electron chi connectivity index (χ0n) is 30.3. The zero-order valence-corrected chi connectivity index (χ0v) is 31.2. The Bertz CT molecular complexity index is 1650. The summed E-state index contributed by atoms with van der Waals surface area (Å²) >= 11 is 0. The number of hydrogen-bond donors (Lipinski definition) is 4. The summed E-state index contributed by atoms with van der Waals surface area (Å²) in [4.78, 5) is 64.2. The Morgan fingerprint density at radius 1 is 0.941 bits per heavy atom. The van der Waals surface area contributed by atoms with Crippen LogP contribution in [0.5, 0.6) is 0 Å². The van der Waals surface area contributed by atoms with E-state index in [2.05, 4.69) is 52.7 Å². The molecule has 15 heteroatoms. The number of aryl methyl sites for hydroxylation is 1. The molecule has 278 valence electrons. The molecule has 1 aromatic heterocycles. The Morgan fingerprint density at radius 3 is 2.22 bits per heavy atom. The van der Waals surface area contributed by atoms with E-state index in [1.807, 2.05) is 56.3 Å². The molecule has 0 fully saturated rings. The number of phosphoric acid groups is 1. The lowest BCUT2D eigenvalue weighted by molar-refractivity contribution is -0.152. The van der Waals surface area contributed by atoms with Crippen LogP contribution < -0.4 is 20.4 Å². The maximum atomic E-state index is 13.2. The molecule has 3 rings (SSSR count). The molecule has 14 nitrogen and oxygen atoms in total. The topological polar surface area (TPSA) is 180 Å². The number of anilines is 4. The number of rotatable bonds is 17. The summed E-state index contributed by atoms with van der Waals surface area (Å²) in [6.07, 6.45) is 1.06. The van der Waals surface area contributed by atoms with Crippen LogP contribution in [0.2, 0.25) is 0 Å². The molecule has 0 unspecified atom stereocenters. The van der Waals surface area contributed by atoms with E-state index < -0.39 is 39.3 Å². The largest absolute Gasteiger partial charge is 0.469 e. The first kappa shape index (κ1) is 40.9. The van der Waals surface area contributed by atoms with E-state index in [-0.39, 0.29) is 23.7 Å². The number of ether oxygens (including phenoxy) is 2. The third-order valence-corrected chi connectivity index (χ3v) is 8.18. The minimum Gasteiger partial charge on any atom is -0.428 e. The number of amides is 3. The predicted molar refractivity (Wildman–Crippen MR) is 197 cm³/mol. The van der Waals surface area contributed by atoms with Crippen LogP contribution in [-0.2, 0) is 30.0 Å². The van der Waals surface area contributed by atoms with Crippen molar-refractivity contribution in [2.45, 2.75) is 66.9 Å². The van der Waals surface area contributed by atoms with Gasteiger partial charge in [-0.15, -0.1) is 0 Å². The third-order valence-electron chi connectivity index (χ3n) is 7.72. The SMILES string of the molecule is CC[C@@H](CC(=O)OCOC(=O)N(C)c1ncccc1COP(=O)(O)O)c1ccc(N(CC(C)C)CC(C)C)c(NC(=O)Nc2ccc(C)cc2)c1. The van der Waals surface area contributed by atoms with Gasteiger partial charge in [-0.3, -0.25) is 14.2 Å². The highest BCUT2D eigenvalue weighted by molar-refractivity contribution is 7.46. The van der Waals surface area contributed by atoms with Crippen LogP contribution >= 0.6 is 7.82 Å². The predicted octanol–water partition coefficient (Wildman–Crippen LogP) is 7.42. The molecule has 0 saturated carbocycles. The molecule has 0 aliphatic rings. The van der Waals surface area contributed by atoms with Gasteiger partial charge in [0.1, 0.15) is 5.82 Å². The van der Waals surface area contributed by atoms with Gasteiger partial charge in [-0.2, -0.15) is 0 Å². The summed E-state index contributed by atoms with van der Waals surface area (Å²) in [5, 5.41) is 5.94. The number of nitrogens with one attached hydrogen (secondary N) is 2. The van der Waals surface area contributed by atoms with Crippen molar-refractivity contribution < 1.29 is 42.7 Å². The van der Waals surface area contributed by atoms with Gasteiger partial charge in [0.15, 0.2) is 0 Å². The number of carbonyl (C=O) groups excluding carboxylic acids is 3. The molecule has 1 atom stereocenters. The number of benzene rings is 2. The van der Waals surface area contributed by atoms with Gasteiger partial charge in [0.25, 0.3) is 0 Å². The molecule has 0 radical (unpaired) electrons. The Labute approximate surface area is 299 Å². The van der Waals surface area contributed by atoms with Crippen molar-refractivity contribution in [3.05, 3.63) is 77.5 Å². The molecular formula is C36H50N5O9P. The Hall–Kier alpha value is -4.49. The second kappa shape index (κ2) is 19.2. The normalized spacial score (nSPS) is 12.0. The fraction of sp³-hybridized carbons (Fsp3) is 0.444. The summed E-state index contributed by atoms with van der Waals surface area (Å²) in [6, 6.07) is 16.0. The number of nitrogens with zero attached hydrogens (tertiary/aromatic N) is 3. The molecule has 3 aromatic rings. The van der Waals surface area contributed by atoms with Gasteiger partial charge in [-0.1, -0.05) is 64.4 Å². The zero-order chi connectivity index (χ0) is 37.7. The van der Waals surface area contributed by atoms with Crippen molar-refractivity contribution in [3.8, 4) is 0 Å². The van der Waals surface area contributed by atoms with Gasteiger partial charge in [0.05, 0.1) is 24.4 Å². The Balaban J connectivity index is 1.72. The molecule has 0 saturated heterocycles. The van der Waals surface area contributed by atoms with E-state index in [4.69, 9.17) is 19.3 Å². The van der Waals surface area contributed by atoms with E-state index in [1.165, 1.54) is 25.4 Å². The quantitative estimate of drug-likeness (QED) is 0.0617. The van der Waals surface area contributed by atoms with Gasteiger partial charge in [-0.05, 0) is 67.0 Å². The Morgan fingerprint density at radius 2 is 1.61 bits per heavy atom. The number of esters is 1. The monoisotopic (exact) mass is 727 g/mol. The number of urea groups is 1. The van der Waals surface area contributed by atoms with Gasteiger partial charge in [0, 0.05) is 37.6 Å². The van der Waals surface area contributed by atoms with Crippen molar-refractivity contribution in [3.63, 3.8) is 0 Å². The molecule has 4 N–H and O–H groups in total. The lowest BCUT2D eigenvalue weighted by Gasteiger charge is -2.31. The van der Waals surface area contributed by atoms with Gasteiger partial charge in [0.2, 0.25) is 6.79 Å². The molecule has 0 spiro atoms. The van der Waals surface area contributed by atoms with Crippen LogP contribution in [0.3, 0.4) is 0 Å². The van der Waals surface area contributed by atoms with Gasteiger partial charge in [-0.25, -0.2) is 19.1 Å². The van der Waals surface area contributed by atoms with Crippen molar-refractivity contribution >= 4 is 48.8 Å². The summed E-state index contributed by atoms with van der Waals surface area (Å²) in [7, 11) is -3.41. The van der Waals surface area contributed by atoms with E-state index in [1.54, 1.807) is 0 Å². The van der Waals surface area contributed by atoms with Crippen molar-refractivity contribution in [2.24, 2.45) is 11.8 Å². The van der Waals surface area contributed by atoms with Crippen LogP contribution in [0.15, 0.2) is 60.8 Å². The van der Waals surface area contributed by atoms with Crippen molar-refractivity contribution in [1.29, 1.82) is 0 Å². The summed E-state index contributed by atoms with van der Waals surface area (Å²) in [6.45, 7) is 12.9. The van der Waals surface area contributed by atoms with Crippen LogP contribution in [0.4, 0.5) is 32.5 Å². The number of pyridine rings is 1.